The van der Waals surface area contributed by atoms with E-state index >= 15 is 0 Å². The molecule has 0 aromatic heterocycles. The molecule has 5 N–H and O–H groups in total. The van der Waals surface area contributed by atoms with Crippen LogP contribution in [-0.4, -0.2) is 42.7 Å². The van der Waals surface area contributed by atoms with E-state index in [1.54, 1.807) is 19.2 Å². The average Bonchev–Trinajstić information content (AvgIpc) is 2.52. The second kappa shape index (κ2) is 11.1. The van der Waals surface area contributed by atoms with E-state index in [4.69, 9.17) is 10.5 Å². The topological polar surface area (TPSA) is 118 Å². The largest absolute Gasteiger partial charge is 0.444 e. The van der Waals surface area contributed by atoms with Crippen molar-refractivity contribution in [2.75, 3.05) is 13.6 Å². The van der Waals surface area contributed by atoms with E-state index < -0.39 is 23.1 Å². The summed E-state index contributed by atoms with van der Waals surface area (Å²) in [5.41, 5.74) is 5.60. The predicted octanol–water partition coefficient (Wildman–Crippen LogP) is 2.37. The lowest BCUT2D eigenvalue weighted by molar-refractivity contribution is 0.0473. The predicted molar refractivity (Wildman–Crippen MR) is 122 cm³/mol. The molecule has 8 nitrogen and oxygen atoms in total. The van der Waals surface area contributed by atoms with Crippen LogP contribution >= 0.6 is 24.0 Å². The highest BCUT2D eigenvalue weighted by molar-refractivity contribution is 14.0. The van der Waals surface area contributed by atoms with Crippen LogP contribution in [0.2, 0.25) is 0 Å². The summed E-state index contributed by atoms with van der Waals surface area (Å²) in [6.45, 7) is 10.2. The van der Waals surface area contributed by atoms with Gasteiger partial charge in [0.05, 0.1) is 5.54 Å². The molecule has 1 aromatic rings. The molecule has 2 amide bonds. The number of rotatable bonds is 6. The van der Waals surface area contributed by atoms with Gasteiger partial charge in [0.25, 0.3) is 0 Å². The third kappa shape index (κ3) is 10.3. The lowest BCUT2D eigenvalue weighted by Crippen LogP contribution is -2.54. The van der Waals surface area contributed by atoms with Gasteiger partial charge in [0, 0.05) is 25.7 Å². The Kier molecular flexibility index (Phi) is 10.3. The third-order valence-corrected chi connectivity index (χ3v) is 3.46. The molecule has 1 rings (SSSR count). The minimum atomic E-state index is -0.546. The minimum absolute atomic E-state index is 0. The van der Waals surface area contributed by atoms with Crippen LogP contribution in [0.3, 0.4) is 0 Å². The first kappa shape index (κ1) is 26.0. The maximum atomic E-state index is 11.9. The maximum Gasteiger partial charge on any atom is 0.408 e. The van der Waals surface area contributed by atoms with Crippen molar-refractivity contribution in [1.29, 1.82) is 0 Å². The van der Waals surface area contributed by atoms with Gasteiger partial charge in [-0.05, 0) is 52.3 Å². The Balaban J connectivity index is 0.00000729. The van der Waals surface area contributed by atoms with E-state index in [1.165, 1.54) is 0 Å². The van der Waals surface area contributed by atoms with E-state index in [0.717, 1.165) is 5.56 Å². The Hall–Kier alpha value is -2.04. The van der Waals surface area contributed by atoms with Crippen LogP contribution in [0.15, 0.2) is 29.3 Å². The number of halogens is 1. The van der Waals surface area contributed by atoms with Gasteiger partial charge in [-0.3, -0.25) is 9.79 Å². The first-order chi connectivity index (χ1) is 12.4. The molecule has 0 radical (unpaired) electrons. The molecule has 158 valence electrons. The molecule has 9 heteroatoms. The monoisotopic (exact) mass is 505 g/mol. The first-order valence-electron chi connectivity index (χ1n) is 8.76. The lowest BCUT2D eigenvalue weighted by atomic mass is 10.1. The number of alkyl carbamates (subject to hydrolysis) is 1. The summed E-state index contributed by atoms with van der Waals surface area (Å²) in [4.78, 5) is 27.2. The van der Waals surface area contributed by atoms with Gasteiger partial charge < -0.3 is 26.4 Å². The van der Waals surface area contributed by atoms with Crippen molar-refractivity contribution in [2.24, 2.45) is 10.7 Å². The summed E-state index contributed by atoms with van der Waals surface area (Å²) in [5.74, 6) is 0.139. The maximum absolute atomic E-state index is 11.9. The Morgan fingerprint density at radius 2 is 1.64 bits per heavy atom. The highest BCUT2D eigenvalue weighted by Gasteiger charge is 2.24. The van der Waals surface area contributed by atoms with Gasteiger partial charge >= 0.3 is 6.09 Å². The molecule has 0 saturated carbocycles. The molecular formula is C19H32IN5O3. The number of nitrogens with zero attached hydrogens (tertiary/aromatic N) is 1. The summed E-state index contributed by atoms with van der Waals surface area (Å²) < 4.78 is 5.28. The van der Waals surface area contributed by atoms with Crippen molar-refractivity contribution < 1.29 is 14.3 Å². The highest BCUT2D eigenvalue weighted by atomic mass is 127. The average molecular weight is 505 g/mol. The number of nitrogens with one attached hydrogen (secondary N) is 3. The molecule has 0 atom stereocenters. The fourth-order valence-corrected chi connectivity index (χ4v) is 2.12. The van der Waals surface area contributed by atoms with E-state index in [2.05, 4.69) is 20.9 Å². The third-order valence-electron chi connectivity index (χ3n) is 3.46. The fraction of sp³-hybridized carbons (Fsp3) is 0.526. The number of hydrogen-bond acceptors (Lipinski definition) is 4. The zero-order chi connectivity index (χ0) is 20.7. The lowest BCUT2D eigenvalue weighted by Gasteiger charge is -2.29. The van der Waals surface area contributed by atoms with Crippen molar-refractivity contribution in [3.8, 4) is 0 Å². The van der Waals surface area contributed by atoms with Crippen LogP contribution in [-0.2, 0) is 11.3 Å². The molecule has 1 aromatic carbocycles. The smallest absolute Gasteiger partial charge is 0.408 e. The van der Waals surface area contributed by atoms with Gasteiger partial charge in [-0.15, -0.1) is 24.0 Å². The summed E-state index contributed by atoms with van der Waals surface area (Å²) in [6, 6.07) is 7.02. The number of benzene rings is 1. The molecule has 0 fully saturated rings. The number of primary amides is 1. The number of carbonyl (C=O) groups is 2. The Labute approximate surface area is 184 Å². The van der Waals surface area contributed by atoms with Gasteiger partial charge in [0.1, 0.15) is 5.60 Å². The number of guanidine groups is 1. The van der Waals surface area contributed by atoms with E-state index in [0.29, 0.717) is 24.6 Å². The first-order valence-corrected chi connectivity index (χ1v) is 8.76. The van der Waals surface area contributed by atoms with Crippen LogP contribution in [0.4, 0.5) is 4.79 Å². The van der Waals surface area contributed by atoms with Crippen molar-refractivity contribution in [3.63, 3.8) is 0 Å². The number of amides is 2. The summed E-state index contributed by atoms with van der Waals surface area (Å²) in [7, 11) is 1.67. The molecule has 0 aliphatic heterocycles. The van der Waals surface area contributed by atoms with Gasteiger partial charge in [-0.25, -0.2) is 4.79 Å². The van der Waals surface area contributed by atoms with Crippen LogP contribution in [0.5, 0.6) is 0 Å². The Morgan fingerprint density at radius 3 is 2.11 bits per heavy atom. The second-order valence-corrected chi connectivity index (χ2v) is 7.85. The van der Waals surface area contributed by atoms with E-state index in [1.807, 2.05) is 46.8 Å². The Bertz CT molecular complexity index is 682. The number of hydrogen-bond donors (Lipinski definition) is 4. The summed E-state index contributed by atoms with van der Waals surface area (Å²) in [6.07, 6.45) is -0.466. The van der Waals surface area contributed by atoms with Crippen molar-refractivity contribution >= 4 is 41.9 Å². The van der Waals surface area contributed by atoms with Crippen LogP contribution in [0.25, 0.3) is 0 Å². The SMILES string of the molecule is CN=C(NCc1ccc(C(N)=O)cc1)NCC(C)(C)NC(=O)OC(C)(C)C.I. The van der Waals surface area contributed by atoms with Gasteiger partial charge in [-0.1, -0.05) is 12.1 Å². The number of aliphatic imine (C=N–C) groups is 1. The van der Waals surface area contributed by atoms with Crippen molar-refractivity contribution in [2.45, 2.75) is 52.3 Å². The fourth-order valence-electron chi connectivity index (χ4n) is 2.12. The molecule has 0 heterocycles. The van der Waals surface area contributed by atoms with Crippen molar-refractivity contribution in [1.82, 2.24) is 16.0 Å². The normalized spacial score (nSPS) is 11.9. The quantitative estimate of drug-likeness (QED) is 0.269. The number of ether oxygens (including phenoxy) is 1. The molecule has 0 spiro atoms. The second-order valence-electron chi connectivity index (χ2n) is 7.85. The zero-order valence-electron chi connectivity index (χ0n) is 17.4. The van der Waals surface area contributed by atoms with Gasteiger partial charge in [0.2, 0.25) is 5.91 Å². The minimum Gasteiger partial charge on any atom is -0.444 e. The number of nitrogens with two attached hydrogens (primary N) is 1. The van der Waals surface area contributed by atoms with E-state index in [-0.39, 0.29) is 24.0 Å². The molecule has 0 aliphatic carbocycles. The molecule has 0 unspecified atom stereocenters. The number of carbonyl (C=O) groups excluding carboxylic acids is 2. The van der Waals surface area contributed by atoms with Gasteiger partial charge in [0.15, 0.2) is 5.96 Å². The summed E-state index contributed by atoms with van der Waals surface area (Å²) >= 11 is 0. The molecule has 0 saturated heterocycles. The van der Waals surface area contributed by atoms with Crippen LogP contribution < -0.4 is 21.7 Å². The molecule has 0 aliphatic rings. The van der Waals surface area contributed by atoms with Crippen LogP contribution in [0.1, 0.15) is 50.5 Å². The van der Waals surface area contributed by atoms with Crippen LogP contribution in [0, 0.1) is 0 Å². The van der Waals surface area contributed by atoms with Crippen molar-refractivity contribution in [3.05, 3.63) is 35.4 Å². The highest BCUT2D eigenvalue weighted by Crippen LogP contribution is 2.09. The summed E-state index contributed by atoms with van der Waals surface area (Å²) in [5, 5.41) is 9.18. The molecular weight excluding hydrogens is 473 g/mol. The zero-order valence-corrected chi connectivity index (χ0v) is 19.7. The standard InChI is InChI=1S/C19H31N5O3.HI/c1-18(2,3)27-17(26)24-19(4,5)12-23-16(21-6)22-11-13-7-9-14(10-8-13)15(20)25;/h7-10H,11-12H2,1-6H3,(H2,20,25)(H,24,26)(H2,21,22,23);1H. The Morgan fingerprint density at radius 1 is 1.07 bits per heavy atom. The molecule has 28 heavy (non-hydrogen) atoms. The molecule has 0 bridgehead atoms. The van der Waals surface area contributed by atoms with E-state index in [9.17, 15) is 9.59 Å². The van der Waals surface area contributed by atoms with Gasteiger partial charge in [-0.2, -0.15) is 0 Å².